The van der Waals surface area contributed by atoms with E-state index in [1.165, 1.54) is 6.07 Å². The fourth-order valence-electron chi connectivity index (χ4n) is 2.94. The van der Waals surface area contributed by atoms with E-state index < -0.39 is 11.2 Å². The van der Waals surface area contributed by atoms with Crippen LogP contribution in [0, 0.1) is 22.6 Å². The van der Waals surface area contributed by atoms with Crippen LogP contribution in [0.4, 0.5) is 4.39 Å². The Morgan fingerprint density at radius 1 is 1.43 bits per heavy atom. The number of nitrogens with one attached hydrogen (secondary N) is 1. The molecule has 2 rings (SSSR count). The molecule has 1 fully saturated rings. The van der Waals surface area contributed by atoms with Crippen LogP contribution in [0.3, 0.4) is 0 Å². The zero-order valence-electron chi connectivity index (χ0n) is 13.2. The Bertz CT molecular complexity index is 580. The molecule has 0 spiro atoms. The SMILES string of the molecule is CCOC(=O)C1(CCc2ccc(F)c(C#N)c2)CCNCC1.Cl. The second kappa shape index (κ2) is 8.85. The van der Waals surface area contributed by atoms with Crippen molar-refractivity contribution in [2.24, 2.45) is 5.41 Å². The average molecular weight is 341 g/mol. The maximum Gasteiger partial charge on any atom is 0.312 e. The summed E-state index contributed by atoms with van der Waals surface area (Å²) < 4.78 is 18.6. The first kappa shape index (κ1) is 19.4. The average Bonchev–Trinajstić information content (AvgIpc) is 2.55. The van der Waals surface area contributed by atoms with Gasteiger partial charge in [-0.15, -0.1) is 12.4 Å². The summed E-state index contributed by atoms with van der Waals surface area (Å²) in [6.07, 6.45) is 2.79. The van der Waals surface area contributed by atoms with Gasteiger partial charge in [0.2, 0.25) is 0 Å². The van der Waals surface area contributed by atoms with Crippen molar-refractivity contribution in [2.75, 3.05) is 19.7 Å². The summed E-state index contributed by atoms with van der Waals surface area (Å²) in [5, 5.41) is 12.2. The molecule has 1 aromatic rings. The predicted octanol–water partition coefficient (Wildman–Crippen LogP) is 2.98. The molecule has 0 unspecified atom stereocenters. The molecule has 1 aromatic carbocycles. The van der Waals surface area contributed by atoms with Crippen LogP contribution >= 0.6 is 12.4 Å². The number of rotatable bonds is 5. The minimum absolute atomic E-state index is 0. The zero-order chi connectivity index (χ0) is 16.0. The lowest BCUT2D eigenvalue weighted by Crippen LogP contribution is -2.43. The number of aryl methyl sites for hydroxylation is 1. The van der Waals surface area contributed by atoms with Gasteiger partial charge >= 0.3 is 5.97 Å². The molecule has 0 atom stereocenters. The van der Waals surface area contributed by atoms with E-state index in [2.05, 4.69) is 5.32 Å². The highest BCUT2D eigenvalue weighted by Crippen LogP contribution is 2.35. The normalized spacial score (nSPS) is 16.0. The fourth-order valence-corrected chi connectivity index (χ4v) is 2.94. The number of carbonyl (C=O) groups is 1. The molecule has 0 saturated carbocycles. The Balaban J connectivity index is 0.00000264. The highest BCUT2D eigenvalue weighted by Gasteiger charge is 2.40. The van der Waals surface area contributed by atoms with Crippen molar-refractivity contribution in [1.82, 2.24) is 5.32 Å². The number of carbonyl (C=O) groups excluding carboxylic acids is 1. The molecule has 0 aromatic heterocycles. The number of benzene rings is 1. The van der Waals surface area contributed by atoms with Crippen molar-refractivity contribution in [3.8, 4) is 6.07 Å². The van der Waals surface area contributed by atoms with Gasteiger partial charge in [0, 0.05) is 0 Å². The number of halogens is 2. The number of esters is 1. The van der Waals surface area contributed by atoms with Crippen LogP contribution in [0.5, 0.6) is 0 Å². The van der Waals surface area contributed by atoms with E-state index in [0.29, 0.717) is 19.4 Å². The Morgan fingerprint density at radius 2 is 2.13 bits per heavy atom. The molecule has 6 heteroatoms. The monoisotopic (exact) mass is 340 g/mol. The number of nitrogens with zero attached hydrogens (tertiary/aromatic N) is 1. The summed E-state index contributed by atoms with van der Waals surface area (Å²) in [6.45, 7) is 3.78. The molecule has 1 heterocycles. The molecule has 0 radical (unpaired) electrons. The number of ether oxygens (including phenoxy) is 1. The topological polar surface area (TPSA) is 62.1 Å². The molecule has 126 valence electrons. The van der Waals surface area contributed by atoms with Crippen LogP contribution in [-0.4, -0.2) is 25.7 Å². The highest BCUT2D eigenvalue weighted by atomic mass is 35.5. The summed E-state index contributed by atoms with van der Waals surface area (Å²) in [7, 11) is 0. The molecule has 0 aliphatic carbocycles. The van der Waals surface area contributed by atoms with Crippen LogP contribution in [-0.2, 0) is 16.0 Å². The fraction of sp³-hybridized carbons (Fsp3) is 0.529. The van der Waals surface area contributed by atoms with Gasteiger partial charge in [-0.1, -0.05) is 6.07 Å². The minimum atomic E-state index is -0.506. The number of piperidine rings is 1. The number of nitriles is 1. The lowest BCUT2D eigenvalue weighted by atomic mass is 9.74. The second-order valence-corrected chi connectivity index (χ2v) is 5.68. The third-order valence-corrected chi connectivity index (χ3v) is 4.31. The van der Waals surface area contributed by atoms with Gasteiger partial charge in [-0.25, -0.2) is 4.39 Å². The maximum absolute atomic E-state index is 13.4. The first-order valence-corrected chi connectivity index (χ1v) is 7.68. The van der Waals surface area contributed by atoms with E-state index in [-0.39, 0.29) is 23.9 Å². The summed E-state index contributed by atoms with van der Waals surface area (Å²) >= 11 is 0. The molecular weight excluding hydrogens is 319 g/mol. The van der Waals surface area contributed by atoms with Crippen molar-refractivity contribution in [2.45, 2.75) is 32.6 Å². The van der Waals surface area contributed by atoms with E-state index in [4.69, 9.17) is 10.00 Å². The van der Waals surface area contributed by atoms with E-state index in [1.807, 2.05) is 13.0 Å². The molecule has 0 bridgehead atoms. The first-order valence-electron chi connectivity index (χ1n) is 7.68. The minimum Gasteiger partial charge on any atom is -0.466 e. The molecule has 1 aliphatic rings. The van der Waals surface area contributed by atoms with Crippen molar-refractivity contribution in [3.63, 3.8) is 0 Å². The molecule has 1 aliphatic heterocycles. The third kappa shape index (κ3) is 4.66. The lowest BCUT2D eigenvalue weighted by Gasteiger charge is -2.35. The van der Waals surface area contributed by atoms with Crippen LogP contribution in [0.15, 0.2) is 18.2 Å². The Morgan fingerprint density at radius 3 is 2.74 bits per heavy atom. The van der Waals surface area contributed by atoms with E-state index in [9.17, 15) is 9.18 Å². The first-order chi connectivity index (χ1) is 10.6. The maximum atomic E-state index is 13.4. The standard InChI is InChI=1S/C17H21FN2O2.ClH/c1-2-22-16(21)17(7-9-20-10-8-17)6-5-13-3-4-15(18)14(11-13)12-19;/h3-4,11,20H,2,5-10H2,1H3;1H. The van der Waals surface area contributed by atoms with Gasteiger partial charge in [-0.05, 0) is 63.4 Å². The van der Waals surface area contributed by atoms with E-state index in [1.54, 1.807) is 12.1 Å². The van der Waals surface area contributed by atoms with E-state index >= 15 is 0 Å². The van der Waals surface area contributed by atoms with Crippen LogP contribution in [0.25, 0.3) is 0 Å². The number of hydrogen-bond donors (Lipinski definition) is 1. The van der Waals surface area contributed by atoms with Gasteiger partial charge in [0.1, 0.15) is 11.9 Å². The third-order valence-electron chi connectivity index (χ3n) is 4.31. The van der Waals surface area contributed by atoms with Gasteiger partial charge in [0.05, 0.1) is 17.6 Å². The van der Waals surface area contributed by atoms with Gasteiger partial charge in [-0.3, -0.25) is 4.79 Å². The zero-order valence-corrected chi connectivity index (χ0v) is 14.0. The van der Waals surface area contributed by atoms with Crippen molar-refractivity contribution >= 4 is 18.4 Å². The quantitative estimate of drug-likeness (QED) is 0.837. The lowest BCUT2D eigenvalue weighted by molar-refractivity contribution is -0.157. The van der Waals surface area contributed by atoms with Gasteiger partial charge in [-0.2, -0.15) is 5.26 Å². The molecule has 1 saturated heterocycles. The summed E-state index contributed by atoms with van der Waals surface area (Å²) in [4.78, 5) is 12.4. The van der Waals surface area contributed by atoms with Crippen LogP contribution < -0.4 is 5.32 Å². The van der Waals surface area contributed by atoms with Crippen LogP contribution in [0.2, 0.25) is 0 Å². The summed E-state index contributed by atoms with van der Waals surface area (Å²) in [6, 6.07) is 6.40. The Hall–Kier alpha value is -1.64. The predicted molar refractivity (Wildman–Crippen MR) is 87.9 cm³/mol. The molecule has 4 nitrogen and oxygen atoms in total. The second-order valence-electron chi connectivity index (χ2n) is 5.68. The smallest absolute Gasteiger partial charge is 0.312 e. The number of hydrogen-bond acceptors (Lipinski definition) is 4. The summed E-state index contributed by atoms with van der Waals surface area (Å²) in [5.74, 6) is -0.646. The Labute approximate surface area is 142 Å². The van der Waals surface area contributed by atoms with Crippen molar-refractivity contribution < 1.29 is 13.9 Å². The molecule has 1 N–H and O–H groups in total. The van der Waals surface area contributed by atoms with Crippen molar-refractivity contribution in [3.05, 3.63) is 35.1 Å². The summed E-state index contributed by atoms with van der Waals surface area (Å²) in [5.41, 5.74) is 0.454. The van der Waals surface area contributed by atoms with Gasteiger partial charge in [0.15, 0.2) is 0 Å². The molecule has 23 heavy (non-hydrogen) atoms. The van der Waals surface area contributed by atoms with E-state index in [0.717, 1.165) is 31.5 Å². The largest absolute Gasteiger partial charge is 0.466 e. The van der Waals surface area contributed by atoms with Gasteiger partial charge in [0.25, 0.3) is 0 Å². The Kier molecular flexibility index (Phi) is 7.47. The van der Waals surface area contributed by atoms with Gasteiger partial charge < -0.3 is 10.1 Å². The molecule has 0 amide bonds. The molecular formula is C17H22ClFN2O2. The highest BCUT2D eigenvalue weighted by molar-refractivity contribution is 5.85. The van der Waals surface area contributed by atoms with Crippen molar-refractivity contribution in [1.29, 1.82) is 5.26 Å². The van der Waals surface area contributed by atoms with Crippen LogP contribution in [0.1, 0.15) is 37.3 Å².